The molecule has 40 heavy (non-hydrogen) atoms. The van der Waals surface area contributed by atoms with Gasteiger partial charge in [0.25, 0.3) is 5.91 Å². The molecule has 1 heterocycles. The van der Waals surface area contributed by atoms with Crippen LogP contribution < -0.4 is 30.9 Å². The Hall–Kier alpha value is -4.48. The summed E-state index contributed by atoms with van der Waals surface area (Å²) in [6.07, 6.45) is 0.0686. The van der Waals surface area contributed by atoms with Crippen LogP contribution in [-0.2, 0) is 20.9 Å². The van der Waals surface area contributed by atoms with E-state index in [4.69, 9.17) is 10.5 Å². The van der Waals surface area contributed by atoms with Crippen molar-refractivity contribution in [3.05, 3.63) is 65.7 Å². The molecule has 4 rings (SSSR count). The smallest absolute Gasteiger partial charge is 0.335 e. The molecule has 0 spiro atoms. The third-order valence-electron chi connectivity index (χ3n) is 7.07. The van der Waals surface area contributed by atoms with Crippen LogP contribution in [0.25, 0.3) is 10.8 Å². The summed E-state index contributed by atoms with van der Waals surface area (Å²) in [7, 11) is 3.16. The Bertz CT molecular complexity index is 1460. The van der Waals surface area contributed by atoms with Crippen LogP contribution in [0.5, 0.6) is 5.75 Å². The third kappa shape index (κ3) is 5.61. The van der Waals surface area contributed by atoms with E-state index in [-0.39, 0.29) is 43.4 Å². The highest BCUT2D eigenvalue weighted by Gasteiger charge is 2.37. The van der Waals surface area contributed by atoms with Crippen LogP contribution in [0.4, 0.5) is 11.4 Å². The SMILES string of the molecule is CN[C@@H](C)C(=O)N[C@H]1CN(C(=O)CCN)c2ccccc2N(Cc2c(OC)ccc3cc(C(=O)O)ccc23)C1=O. The van der Waals surface area contributed by atoms with Crippen molar-refractivity contribution in [1.29, 1.82) is 0 Å². The second kappa shape index (κ2) is 12.1. The van der Waals surface area contributed by atoms with E-state index in [9.17, 15) is 24.3 Å². The second-order valence-electron chi connectivity index (χ2n) is 9.52. The summed E-state index contributed by atoms with van der Waals surface area (Å²) in [6, 6.07) is 13.7. The molecule has 0 bridgehead atoms. The number of carbonyl (C=O) groups is 4. The van der Waals surface area contributed by atoms with Gasteiger partial charge in [-0.1, -0.05) is 24.3 Å². The lowest BCUT2D eigenvalue weighted by molar-refractivity contribution is -0.128. The molecule has 0 fully saturated rings. The number of nitrogens with zero attached hydrogens (tertiary/aromatic N) is 2. The maximum absolute atomic E-state index is 14.2. The van der Waals surface area contributed by atoms with Crippen LogP contribution in [0, 0.1) is 0 Å². The van der Waals surface area contributed by atoms with Crippen molar-refractivity contribution >= 4 is 45.8 Å². The van der Waals surface area contributed by atoms with Crippen molar-refractivity contribution in [3.63, 3.8) is 0 Å². The first-order valence-corrected chi connectivity index (χ1v) is 12.9. The normalized spacial score (nSPS) is 15.8. The largest absolute Gasteiger partial charge is 0.496 e. The number of nitrogens with one attached hydrogen (secondary N) is 2. The highest BCUT2D eigenvalue weighted by Crippen LogP contribution is 2.37. The number of anilines is 2. The number of amides is 3. The van der Waals surface area contributed by atoms with Gasteiger partial charge in [-0.2, -0.15) is 0 Å². The van der Waals surface area contributed by atoms with Gasteiger partial charge in [0.2, 0.25) is 11.8 Å². The minimum atomic E-state index is -1.05. The summed E-state index contributed by atoms with van der Waals surface area (Å²) in [4.78, 5) is 54.8. The number of carbonyl (C=O) groups excluding carboxylic acids is 3. The van der Waals surface area contributed by atoms with E-state index in [1.165, 1.54) is 23.0 Å². The first-order chi connectivity index (χ1) is 19.2. The van der Waals surface area contributed by atoms with Gasteiger partial charge in [-0.3, -0.25) is 14.4 Å². The molecule has 11 heteroatoms. The minimum Gasteiger partial charge on any atom is -0.496 e. The van der Waals surface area contributed by atoms with E-state index in [1.807, 2.05) is 0 Å². The number of hydrogen-bond acceptors (Lipinski definition) is 7. The molecule has 3 amide bonds. The van der Waals surface area contributed by atoms with E-state index in [0.717, 1.165) is 0 Å². The lowest BCUT2D eigenvalue weighted by Gasteiger charge is -2.27. The maximum atomic E-state index is 14.2. The van der Waals surface area contributed by atoms with Gasteiger partial charge in [-0.05, 0) is 55.1 Å². The van der Waals surface area contributed by atoms with Crippen LogP contribution >= 0.6 is 0 Å². The van der Waals surface area contributed by atoms with Gasteiger partial charge in [-0.25, -0.2) is 4.79 Å². The maximum Gasteiger partial charge on any atom is 0.335 e. The van der Waals surface area contributed by atoms with Crippen molar-refractivity contribution in [2.24, 2.45) is 5.73 Å². The number of carboxylic acid groups (broad SMARTS) is 1. The molecular formula is C29H33N5O6. The average Bonchev–Trinajstić information content (AvgIpc) is 3.07. The number of benzene rings is 3. The van der Waals surface area contributed by atoms with Crippen molar-refractivity contribution < 1.29 is 29.0 Å². The number of methoxy groups -OCH3 is 1. The van der Waals surface area contributed by atoms with Gasteiger partial charge in [0.1, 0.15) is 11.8 Å². The minimum absolute atomic E-state index is 0.0374. The fourth-order valence-corrected chi connectivity index (χ4v) is 4.80. The number of rotatable bonds is 9. The first-order valence-electron chi connectivity index (χ1n) is 12.9. The topological polar surface area (TPSA) is 154 Å². The molecule has 1 aliphatic rings. The first kappa shape index (κ1) is 28.5. The monoisotopic (exact) mass is 547 g/mol. The standard InChI is InChI=1S/C29H33N5O6/c1-17(31-2)27(36)32-22-16-33(26(35)12-13-30)23-6-4-5-7-24(23)34(28(22)37)15-21-20-10-8-19(29(38)39)14-18(20)9-11-25(21)40-3/h4-11,14,17,22,31H,12-13,15-16,30H2,1-3H3,(H,32,36)(H,38,39)/t17-,22-/m0/s1. The molecule has 0 radical (unpaired) electrons. The zero-order valence-corrected chi connectivity index (χ0v) is 22.6. The summed E-state index contributed by atoms with van der Waals surface area (Å²) in [5, 5.41) is 16.5. The summed E-state index contributed by atoms with van der Waals surface area (Å²) < 4.78 is 5.65. The molecule has 3 aromatic carbocycles. The third-order valence-corrected chi connectivity index (χ3v) is 7.07. The van der Waals surface area contributed by atoms with Crippen LogP contribution in [0.1, 0.15) is 29.3 Å². The van der Waals surface area contributed by atoms with Gasteiger partial charge in [-0.15, -0.1) is 0 Å². The molecule has 0 aliphatic carbocycles. The molecule has 210 valence electrons. The number of nitrogens with two attached hydrogens (primary N) is 1. The predicted molar refractivity (Wildman–Crippen MR) is 152 cm³/mol. The van der Waals surface area contributed by atoms with Crippen molar-refractivity contribution in [1.82, 2.24) is 10.6 Å². The van der Waals surface area contributed by atoms with Crippen LogP contribution in [0.15, 0.2) is 54.6 Å². The zero-order valence-electron chi connectivity index (χ0n) is 22.6. The molecule has 0 unspecified atom stereocenters. The van der Waals surface area contributed by atoms with Gasteiger partial charge in [0, 0.05) is 18.5 Å². The highest BCUT2D eigenvalue weighted by molar-refractivity contribution is 6.08. The average molecular weight is 548 g/mol. The summed E-state index contributed by atoms with van der Waals surface area (Å²) in [5.41, 5.74) is 7.47. The Labute approximate surface area is 231 Å². The van der Waals surface area contributed by atoms with E-state index < -0.39 is 24.0 Å². The predicted octanol–water partition coefficient (Wildman–Crippen LogP) is 1.87. The van der Waals surface area contributed by atoms with Crippen LogP contribution in [0.3, 0.4) is 0 Å². The van der Waals surface area contributed by atoms with E-state index >= 15 is 0 Å². The lowest BCUT2D eigenvalue weighted by atomic mass is 10.00. The molecule has 5 N–H and O–H groups in total. The van der Waals surface area contributed by atoms with Crippen molar-refractivity contribution in [2.45, 2.75) is 32.0 Å². The molecule has 0 saturated heterocycles. The fraction of sp³-hybridized carbons (Fsp3) is 0.310. The summed E-state index contributed by atoms with van der Waals surface area (Å²) >= 11 is 0. The summed E-state index contributed by atoms with van der Waals surface area (Å²) in [6.45, 7) is 1.78. The molecule has 11 nitrogen and oxygen atoms in total. The Balaban J connectivity index is 1.87. The molecule has 3 aromatic rings. The van der Waals surface area contributed by atoms with E-state index in [2.05, 4.69) is 10.6 Å². The zero-order chi connectivity index (χ0) is 29.0. The van der Waals surface area contributed by atoms with Crippen LogP contribution in [-0.4, -0.2) is 68.1 Å². The number of carboxylic acids is 1. The second-order valence-corrected chi connectivity index (χ2v) is 9.52. The van der Waals surface area contributed by atoms with Gasteiger partial charge < -0.3 is 36.0 Å². The number of hydrogen-bond donors (Lipinski definition) is 4. The van der Waals surface area contributed by atoms with E-state index in [1.54, 1.807) is 62.5 Å². The number of aromatic carboxylic acids is 1. The highest BCUT2D eigenvalue weighted by atomic mass is 16.5. The Kier molecular flexibility index (Phi) is 8.66. The quantitative estimate of drug-likeness (QED) is 0.317. The number of fused-ring (bicyclic) bond motifs is 2. The van der Waals surface area contributed by atoms with E-state index in [0.29, 0.717) is 33.5 Å². The van der Waals surface area contributed by atoms with Gasteiger partial charge >= 0.3 is 5.97 Å². The molecule has 2 atom stereocenters. The Morgan fingerprint density at radius 2 is 1.85 bits per heavy atom. The van der Waals surface area contributed by atoms with Crippen LogP contribution in [0.2, 0.25) is 0 Å². The number of para-hydroxylation sites is 2. The van der Waals surface area contributed by atoms with Crippen molar-refractivity contribution in [3.8, 4) is 5.75 Å². The van der Waals surface area contributed by atoms with Gasteiger partial charge in [0.05, 0.1) is 43.2 Å². The summed E-state index contributed by atoms with van der Waals surface area (Å²) in [5.74, 6) is -1.61. The Morgan fingerprint density at radius 3 is 2.50 bits per heavy atom. The fourth-order valence-electron chi connectivity index (χ4n) is 4.80. The number of ether oxygens (including phenoxy) is 1. The number of likely N-dealkylation sites (N-methyl/N-ethyl adjacent to an activating group) is 1. The molecule has 0 aromatic heterocycles. The van der Waals surface area contributed by atoms with Crippen molar-refractivity contribution in [2.75, 3.05) is 37.0 Å². The molecule has 1 aliphatic heterocycles. The molecule has 0 saturated carbocycles. The van der Waals surface area contributed by atoms with Gasteiger partial charge in [0.15, 0.2) is 0 Å². The lowest BCUT2D eigenvalue weighted by Crippen LogP contribution is -2.55. The Morgan fingerprint density at radius 1 is 1.12 bits per heavy atom. The molecular weight excluding hydrogens is 514 g/mol.